The molecule has 1 aliphatic heterocycles. The van der Waals surface area contributed by atoms with Crippen LogP contribution in [0.5, 0.6) is 0 Å². The van der Waals surface area contributed by atoms with Crippen molar-refractivity contribution in [1.29, 1.82) is 0 Å². The number of benzene rings is 1. The number of aryl methyl sites for hydroxylation is 1. The van der Waals surface area contributed by atoms with Crippen LogP contribution in [0.15, 0.2) is 24.3 Å². The van der Waals surface area contributed by atoms with Gasteiger partial charge < -0.3 is 10.2 Å². The van der Waals surface area contributed by atoms with Gasteiger partial charge in [0.1, 0.15) is 0 Å². The fourth-order valence-electron chi connectivity index (χ4n) is 2.70. The van der Waals surface area contributed by atoms with Crippen molar-refractivity contribution in [2.75, 3.05) is 19.6 Å². The molecule has 0 aromatic heterocycles. The topological polar surface area (TPSA) is 49.4 Å². The Labute approximate surface area is 126 Å². The molecule has 1 aliphatic rings. The quantitative estimate of drug-likeness (QED) is 0.924. The zero-order valence-electron chi connectivity index (χ0n) is 12.9. The molecule has 0 bridgehead atoms. The number of nitrogens with one attached hydrogen (secondary N) is 1. The van der Waals surface area contributed by atoms with Gasteiger partial charge in [-0.1, -0.05) is 24.6 Å². The molecule has 1 heterocycles. The monoisotopic (exact) mass is 288 g/mol. The highest BCUT2D eigenvalue weighted by Crippen LogP contribution is 2.19. The predicted octanol–water partition coefficient (Wildman–Crippen LogP) is 2.37. The number of piperidine rings is 1. The number of carbonyl (C=O) groups is 2. The highest BCUT2D eigenvalue weighted by molar-refractivity contribution is 5.94. The van der Waals surface area contributed by atoms with Gasteiger partial charge in [-0.05, 0) is 38.3 Å². The summed E-state index contributed by atoms with van der Waals surface area (Å²) in [7, 11) is 0. The second-order valence-electron chi connectivity index (χ2n) is 5.73. The van der Waals surface area contributed by atoms with Crippen molar-refractivity contribution >= 4 is 11.8 Å². The Kier molecular flexibility index (Phi) is 5.37. The Morgan fingerprint density at radius 3 is 2.62 bits per heavy atom. The smallest absolute Gasteiger partial charge is 0.253 e. The van der Waals surface area contributed by atoms with Crippen molar-refractivity contribution in [2.45, 2.75) is 33.1 Å². The molecule has 0 radical (unpaired) electrons. The Bertz CT molecular complexity index is 505. The summed E-state index contributed by atoms with van der Waals surface area (Å²) in [5.41, 5.74) is 1.83. The van der Waals surface area contributed by atoms with E-state index in [1.807, 2.05) is 43.0 Å². The van der Waals surface area contributed by atoms with Gasteiger partial charge in [-0.15, -0.1) is 0 Å². The van der Waals surface area contributed by atoms with E-state index in [1.54, 1.807) is 0 Å². The molecule has 1 aromatic carbocycles. The fraction of sp³-hybridized carbons (Fsp3) is 0.529. The van der Waals surface area contributed by atoms with Crippen LogP contribution in [0.25, 0.3) is 0 Å². The van der Waals surface area contributed by atoms with Crippen LogP contribution in [-0.4, -0.2) is 36.3 Å². The van der Waals surface area contributed by atoms with Crippen LogP contribution in [0.3, 0.4) is 0 Å². The molecule has 0 unspecified atom stereocenters. The maximum Gasteiger partial charge on any atom is 0.253 e. The van der Waals surface area contributed by atoms with Gasteiger partial charge in [0.2, 0.25) is 5.91 Å². The summed E-state index contributed by atoms with van der Waals surface area (Å²) < 4.78 is 0. The first-order valence-electron chi connectivity index (χ1n) is 7.75. The Morgan fingerprint density at radius 2 is 2.00 bits per heavy atom. The lowest BCUT2D eigenvalue weighted by Crippen LogP contribution is -2.43. The first-order chi connectivity index (χ1) is 10.1. The SMILES string of the molecule is CCCNC(=O)C1CCN(C(=O)c2cccc(C)c2)CC1. The van der Waals surface area contributed by atoms with Gasteiger partial charge in [0.25, 0.3) is 5.91 Å². The molecular weight excluding hydrogens is 264 g/mol. The van der Waals surface area contributed by atoms with E-state index < -0.39 is 0 Å². The highest BCUT2D eigenvalue weighted by Gasteiger charge is 2.27. The predicted molar refractivity (Wildman–Crippen MR) is 83.1 cm³/mol. The van der Waals surface area contributed by atoms with Crippen LogP contribution in [-0.2, 0) is 4.79 Å². The molecule has 0 spiro atoms. The van der Waals surface area contributed by atoms with Gasteiger partial charge in [-0.3, -0.25) is 9.59 Å². The summed E-state index contributed by atoms with van der Waals surface area (Å²) >= 11 is 0. The Balaban J connectivity index is 1.89. The van der Waals surface area contributed by atoms with Crippen LogP contribution in [0.4, 0.5) is 0 Å². The number of rotatable bonds is 4. The van der Waals surface area contributed by atoms with E-state index in [2.05, 4.69) is 5.32 Å². The highest BCUT2D eigenvalue weighted by atomic mass is 16.2. The van der Waals surface area contributed by atoms with E-state index in [-0.39, 0.29) is 17.7 Å². The van der Waals surface area contributed by atoms with Crippen LogP contribution >= 0.6 is 0 Å². The minimum Gasteiger partial charge on any atom is -0.356 e. The van der Waals surface area contributed by atoms with Gasteiger partial charge in [0.05, 0.1) is 0 Å². The van der Waals surface area contributed by atoms with Gasteiger partial charge in [-0.2, -0.15) is 0 Å². The van der Waals surface area contributed by atoms with Gasteiger partial charge in [0, 0.05) is 31.1 Å². The van der Waals surface area contributed by atoms with Crippen LogP contribution in [0.1, 0.15) is 42.1 Å². The van der Waals surface area contributed by atoms with Crippen molar-refractivity contribution in [3.8, 4) is 0 Å². The lowest BCUT2D eigenvalue weighted by molar-refractivity contribution is -0.126. The average Bonchev–Trinajstić information content (AvgIpc) is 2.52. The molecule has 0 saturated carbocycles. The Hall–Kier alpha value is -1.84. The van der Waals surface area contributed by atoms with Crippen LogP contribution in [0.2, 0.25) is 0 Å². The van der Waals surface area contributed by atoms with Crippen LogP contribution < -0.4 is 5.32 Å². The zero-order chi connectivity index (χ0) is 15.2. The number of carbonyl (C=O) groups excluding carboxylic acids is 2. The number of hydrogen-bond acceptors (Lipinski definition) is 2. The molecule has 1 saturated heterocycles. The van der Waals surface area contributed by atoms with Crippen molar-refractivity contribution in [3.63, 3.8) is 0 Å². The molecule has 0 atom stereocenters. The first-order valence-corrected chi connectivity index (χ1v) is 7.75. The second-order valence-corrected chi connectivity index (χ2v) is 5.73. The van der Waals surface area contributed by atoms with Crippen molar-refractivity contribution in [3.05, 3.63) is 35.4 Å². The Morgan fingerprint density at radius 1 is 1.29 bits per heavy atom. The molecule has 2 rings (SSSR count). The molecule has 0 aliphatic carbocycles. The normalized spacial score (nSPS) is 15.8. The van der Waals surface area contributed by atoms with Gasteiger partial charge >= 0.3 is 0 Å². The summed E-state index contributed by atoms with van der Waals surface area (Å²) in [6.07, 6.45) is 2.47. The van der Waals surface area contributed by atoms with Crippen molar-refractivity contribution < 1.29 is 9.59 Å². The summed E-state index contributed by atoms with van der Waals surface area (Å²) in [6.45, 7) is 6.10. The molecule has 1 fully saturated rings. The minimum atomic E-state index is 0.0538. The third kappa shape index (κ3) is 4.06. The van der Waals surface area contributed by atoms with E-state index in [1.165, 1.54) is 0 Å². The van der Waals surface area contributed by atoms with E-state index in [0.29, 0.717) is 13.1 Å². The standard InChI is InChI=1S/C17H24N2O2/c1-3-9-18-16(20)14-7-10-19(11-8-14)17(21)15-6-4-5-13(2)12-15/h4-6,12,14H,3,7-11H2,1-2H3,(H,18,20). The molecule has 2 amide bonds. The van der Waals surface area contributed by atoms with E-state index in [0.717, 1.165) is 36.9 Å². The second kappa shape index (κ2) is 7.25. The minimum absolute atomic E-state index is 0.0538. The molecule has 1 aromatic rings. The van der Waals surface area contributed by atoms with E-state index in [4.69, 9.17) is 0 Å². The van der Waals surface area contributed by atoms with Gasteiger partial charge in [0.15, 0.2) is 0 Å². The molecular formula is C17H24N2O2. The van der Waals surface area contributed by atoms with E-state index >= 15 is 0 Å². The molecule has 114 valence electrons. The largest absolute Gasteiger partial charge is 0.356 e. The average molecular weight is 288 g/mol. The van der Waals surface area contributed by atoms with Gasteiger partial charge in [-0.25, -0.2) is 0 Å². The first kappa shape index (κ1) is 15.5. The maximum absolute atomic E-state index is 12.4. The summed E-state index contributed by atoms with van der Waals surface area (Å²) in [6, 6.07) is 7.67. The van der Waals surface area contributed by atoms with Crippen LogP contribution in [0, 0.1) is 12.8 Å². The zero-order valence-corrected chi connectivity index (χ0v) is 12.9. The number of hydrogen-bond donors (Lipinski definition) is 1. The van der Waals surface area contributed by atoms with E-state index in [9.17, 15) is 9.59 Å². The number of likely N-dealkylation sites (tertiary alicyclic amines) is 1. The van der Waals surface area contributed by atoms with Crippen molar-refractivity contribution in [2.24, 2.45) is 5.92 Å². The maximum atomic E-state index is 12.4. The third-order valence-electron chi connectivity index (χ3n) is 3.97. The fourth-order valence-corrected chi connectivity index (χ4v) is 2.70. The number of amides is 2. The lowest BCUT2D eigenvalue weighted by atomic mass is 9.95. The summed E-state index contributed by atoms with van der Waals surface area (Å²) in [5, 5.41) is 2.94. The summed E-state index contributed by atoms with van der Waals surface area (Å²) in [5.74, 6) is 0.267. The lowest BCUT2D eigenvalue weighted by Gasteiger charge is -2.31. The number of nitrogens with zero attached hydrogens (tertiary/aromatic N) is 1. The molecule has 4 heteroatoms. The third-order valence-corrected chi connectivity index (χ3v) is 3.97. The molecule has 21 heavy (non-hydrogen) atoms. The molecule has 4 nitrogen and oxygen atoms in total. The summed E-state index contributed by atoms with van der Waals surface area (Å²) in [4.78, 5) is 26.2. The molecule has 1 N–H and O–H groups in total. The van der Waals surface area contributed by atoms with Crippen molar-refractivity contribution in [1.82, 2.24) is 10.2 Å².